The Labute approximate surface area is 114 Å². The highest BCUT2D eigenvalue weighted by atomic mass is 19.1. The van der Waals surface area contributed by atoms with E-state index in [1.165, 1.54) is 6.08 Å². The van der Waals surface area contributed by atoms with Crippen molar-refractivity contribution in [2.75, 3.05) is 0 Å². The molecule has 20 heavy (non-hydrogen) atoms. The van der Waals surface area contributed by atoms with Crippen LogP contribution in [0.15, 0.2) is 12.3 Å². The number of hydrogen-bond donors (Lipinski definition) is 0. The minimum Gasteiger partial charge on any atom is -0.421 e. The van der Waals surface area contributed by atoms with Crippen LogP contribution in [-0.2, 0) is 11.2 Å². The van der Waals surface area contributed by atoms with E-state index in [1.54, 1.807) is 20.8 Å². The van der Waals surface area contributed by atoms with Crippen LogP contribution in [0.25, 0.3) is 5.70 Å². The Balaban J connectivity index is 2.40. The molecule has 0 bridgehead atoms. The van der Waals surface area contributed by atoms with Gasteiger partial charge >= 0.3 is 5.97 Å². The van der Waals surface area contributed by atoms with Crippen LogP contribution in [0, 0.1) is 21.3 Å². The molecule has 0 amide bonds. The van der Waals surface area contributed by atoms with Gasteiger partial charge in [0.25, 0.3) is 5.70 Å². The van der Waals surface area contributed by atoms with Crippen LogP contribution in [0.3, 0.4) is 0 Å². The summed E-state index contributed by atoms with van der Waals surface area (Å²) < 4.78 is 19.2. The van der Waals surface area contributed by atoms with Crippen molar-refractivity contribution in [1.29, 1.82) is 0 Å². The van der Waals surface area contributed by atoms with Gasteiger partial charge in [0, 0.05) is 12.5 Å². The molecule has 0 fully saturated rings. The van der Waals surface area contributed by atoms with Gasteiger partial charge in [-0.05, 0) is 20.8 Å². The van der Waals surface area contributed by atoms with Crippen LogP contribution in [0.2, 0.25) is 0 Å². The molecule has 0 N–H and O–H groups in total. The first-order valence-corrected chi connectivity index (χ1v) is 5.96. The molecule has 1 aromatic heterocycles. The molecule has 0 atom stereocenters. The Morgan fingerprint density at radius 2 is 2.15 bits per heavy atom. The van der Waals surface area contributed by atoms with Gasteiger partial charge in [-0.25, -0.2) is 4.39 Å². The number of aromatic nitrogens is 1. The summed E-state index contributed by atoms with van der Waals surface area (Å²) in [5.74, 6) is -1.95. The standard InChI is InChI=1S/C13H13FN2O4/c1-13(2,3)12(17)20-9-6-15-7-4-5-8(16(18)19)10(7)11(9)14/h5-6H,4H2,1-3H3. The van der Waals surface area contributed by atoms with E-state index in [-0.39, 0.29) is 23.4 Å². The maximum absolute atomic E-state index is 14.3. The maximum atomic E-state index is 14.3. The van der Waals surface area contributed by atoms with Crippen molar-refractivity contribution < 1.29 is 18.8 Å². The molecule has 0 unspecified atom stereocenters. The second-order valence-corrected chi connectivity index (χ2v) is 5.45. The van der Waals surface area contributed by atoms with Gasteiger partial charge in [0.15, 0.2) is 11.6 Å². The largest absolute Gasteiger partial charge is 0.421 e. The fraction of sp³-hybridized carbons (Fsp3) is 0.385. The zero-order valence-corrected chi connectivity index (χ0v) is 11.3. The summed E-state index contributed by atoms with van der Waals surface area (Å²) >= 11 is 0. The molecule has 1 aromatic rings. The van der Waals surface area contributed by atoms with E-state index in [1.807, 2.05) is 0 Å². The van der Waals surface area contributed by atoms with E-state index < -0.39 is 27.9 Å². The Morgan fingerprint density at radius 3 is 2.70 bits per heavy atom. The van der Waals surface area contributed by atoms with Gasteiger partial charge in [-0.15, -0.1) is 0 Å². The fourth-order valence-electron chi connectivity index (χ4n) is 1.71. The van der Waals surface area contributed by atoms with Gasteiger partial charge in [-0.1, -0.05) is 0 Å². The molecule has 1 aliphatic rings. The normalized spacial score (nSPS) is 13.7. The molecule has 0 aliphatic heterocycles. The van der Waals surface area contributed by atoms with E-state index in [4.69, 9.17) is 4.74 Å². The third-order valence-corrected chi connectivity index (χ3v) is 2.82. The first-order chi connectivity index (χ1) is 9.21. The molecule has 7 heteroatoms. The number of pyridine rings is 1. The summed E-state index contributed by atoms with van der Waals surface area (Å²) in [7, 11) is 0. The zero-order valence-electron chi connectivity index (χ0n) is 11.3. The fourth-order valence-corrected chi connectivity index (χ4v) is 1.71. The van der Waals surface area contributed by atoms with Crippen LogP contribution >= 0.6 is 0 Å². The molecule has 106 valence electrons. The highest BCUT2D eigenvalue weighted by Gasteiger charge is 2.32. The summed E-state index contributed by atoms with van der Waals surface area (Å²) in [5, 5.41) is 10.8. The lowest BCUT2D eigenvalue weighted by molar-refractivity contribution is -0.375. The number of hydrogen-bond acceptors (Lipinski definition) is 5. The van der Waals surface area contributed by atoms with Gasteiger partial charge in [-0.3, -0.25) is 19.9 Å². The topological polar surface area (TPSA) is 82.3 Å². The van der Waals surface area contributed by atoms with Crippen molar-refractivity contribution in [3.05, 3.63) is 39.5 Å². The lowest BCUT2D eigenvalue weighted by atomic mass is 9.97. The van der Waals surface area contributed by atoms with E-state index >= 15 is 0 Å². The highest BCUT2D eigenvalue weighted by molar-refractivity contribution is 5.78. The Kier molecular flexibility index (Phi) is 3.29. The third-order valence-electron chi connectivity index (χ3n) is 2.82. The SMILES string of the molecule is CC(C)(C)C(=O)Oc1cnc2c(c1F)C([N+](=O)[O-])=CC2. The maximum Gasteiger partial charge on any atom is 0.316 e. The number of carbonyl (C=O) groups excluding carboxylic acids is 1. The summed E-state index contributed by atoms with van der Waals surface area (Å²) in [6, 6.07) is 0. The zero-order chi connectivity index (χ0) is 15.1. The molecule has 1 aliphatic carbocycles. The Morgan fingerprint density at radius 1 is 1.50 bits per heavy atom. The number of carbonyl (C=O) groups is 1. The van der Waals surface area contributed by atoms with E-state index in [0.29, 0.717) is 0 Å². The molecule has 1 heterocycles. The Hall–Kier alpha value is -2.31. The first kappa shape index (κ1) is 14.1. The second kappa shape index (κ2) is 4.66. The molecule has 0 spiro atoms. The molecule has 2 rings (SSSR count). The lowest BCUT2D eigenvalue weighted by Crippen LogP contribution is -2.26. The van der Waals surface area contributed by atoms with Gasteiger partial charge in [0.05, 0.1) is 22.2 Å². The van der Waals surface area contributed by atoms with E-state index in [2.05, 4.69) is 4.98 Å². The van der Waals surface area contributed by atoms with Crippen molar-refractivity contribution in [3.63, 3.8) is 0 Å². The molecular weight excluding hydrogens is 267 g/mol. The predicted molar refractivity (Wildman–Crippen MR) is 68.0 cm³/mol. The first-order valence-electron chi connectivity index (χ1n) is 5.96. The van der Waals surface area contributed by atoms with Crippen LogP contribution in [0.1, 0.15) is 32.0 Å². The lowest BCUT2D eigenvalue weighted by Gasteiger charge is -2.16. The number of nitro groups is 1. The number of nitrogens with zero attached hydrogens (tertiary/aromatic N) is 2. The molecule has 0 saturated heterocycles. The average molecular weight is 280 g/mol. The average Bonchev–Trinajstić information content (AvgIpc) is 2.76. The summed E-state index contributed by atoms with van der Waals surface area (Å²) in [4.78, 5) is 25.8. The smallest absolute Gasteiger partial charge is 0.316 e. The van der Waals surface area contributed by atoms with Crippen molar-refractivity contribution in [2.45, 2.75) is 27.2 Å². The van der Waals surface area contributed by atoms with Crippen molar-refractivity contribution in [1.82, 2.24) is 4.98 Å². The number of ether oxygens (including phenoxy) is 1. The monoisotopic (exact) mass is 280 g/mol. The molecule has 0 saturated carbocycles. The second-order valence-electron chi connectivity index (χ2n) is 5.45. The number of halogens is 1. The van der Waals surface area contributed by atoms with Crippen molar-refractivity contribution in [3.8, 4) is 5.75 Å². The molecule has 0 radical (unpaired) electrons. The van der Waals surface area contributed by atoms with Gasteiger partial charge in [-0.2, -0.15) is 0 Å². The predicted octanol–water partition coefficient (Wildman–Crippen LogP) is 2.35. The van der Waals surface area contributed by atoms with E-state index in [0.717, 1.165) is 6.20 Å². The molecular formula is C13H13FN2O4. The number of fused-ring (bicyclic) bond motifs is 1. The summed E-state index contributed by atoms with van der Waals surface area (Å²) in [5.41, 5.74) is -1.09. The minimum absolute atomic E-state index is 0.191. The quantitative estimate of drug-likeness (QED) is 0.471. The molecule has 0 aromatic carbocycles. The number of esters is 1. The highest BCUT2D eigenvalue weighted by Crippen LogP contribution is 2.33. The summed E-state index contributed by atoms with van der Waals surface area (Å²) in [6.45, 7) is 4.86. The van der Waals surface area contributed by atoms with Crippen molar-refractivity contribution >= 4 is 11.7 Å². The van der Waals surface area contributed by atoms with Crippen molar-refractivity contribution in [2.24, 2.45) is 5.41 Å². The number of allylic oxidation sites excluding steroid dienone is 1. The van der Waals surface area contributed by atoms with Gasteiger partial charge < -0.3 is 4.74 Å². The summed E-state index contributed by atoms with van der Waals surface area (Å²) in [6.07, 6.45) is 2.56. The van der Waals surface area contributed by atoms with Crippen LogP contribution < -0.4 is 4.74 Å². The van der Waals surface area contributed by atoms with Gasteiger partial charge in [0.1, 0.15) is 5.56 Å². The van der Waals surface area contributed by atoms with Gasteiger partial charge in [0.2, 0.25) is 0 Å². The molecule has 6 nitrogen and oxygen atoms in total. The van der Waals surface area contributed by atoms with Crippen LogP contribution in [0.4, 0.5) is 4.39 Å². The third kappa shape index (κ3) is 2.38. The Bertz CT molecular complexity index is 632. The van der Waals surface area contributed by atoms with Crippen LogP contribution in [0.5, 0.6) is 5.75 Å². The minimum atomic E-state index is -0.923. The van der Waals surface area contributed by atoms with E-state index in [9.17, 15) is 19.3 Å². The number of rotatable bonds is 2. The van der Waals surface area contributed by atoms with Crippen LogP contribution in [-0.4, -0.2) is 15.9 Å².